The molecule has 4 heteroatoms. The lowest BCUT2D eigenvalue weighted by Crippen LogP contribution is -2.15. The Balaban J connectivity index is 1.60. The summed E-state index contributed by atoms with van der Waals surface area (Å²) < 4.78 is 4.59. The van der Waals surface area contributed by atoms with Gasteiger partial charge in [-0.2, -0.15) is 0 Å². The standard InChI is InChI=1S/C33H33N3O/c1-21-8-13-25(14-9-21)30-28-7-5-6-18-35-29(26-15-12-23(3)24(4)19-26)20-36(33(28)35)31(30)32(37)34-27-16-10-22(2)11-17-27/h8-17,19-20H,5-7,18H2,1-4H3,(H,34,37). The summed E-state index contributed by atoms with van der Waals surface area (Å²) in [5.41, 5.74) is 13.4. The average Bonchev–Trinajstić information content (AvgIpc) is 3.30. The van der Waals surface area contributed by atoms with E-state index in [2.05, 4.69) is 90.6 Å². The molecule has 0 atom stereocenters. The lowest BCUT2D eigenvalue weighted by atomic mass is 9.97. The predicted octanol–water partition coefficient (Wildman–Crippen LogP) is 7.90. The number of nitrogens with one attached hydrogen (secondary N) is 1. The van der Waals surface area contributed by atoms with Crippen molar-refractivity contribution >= 4 is 17.2 Å². The van der Waals surface area contributed by atoms with E-state index in [9.17, 15) is 4.79 Å². The van der Waals surface area contributed by atoms with E-state index < -0.39 is 0 Å². The fourth-order valence-corrected chi connectivity index (χ4v) is 5.60. The van der Waals surface area contributed by atoms with E-state index in [0.29, 0.717) is 5.69 Å². The molecule has 0 fully saturated rings. The number of carbonyl (C=O) groups excluding carboxylic acids is 1. The number of anilines is 1. The summed E-state index contributed by atoms with van der Waals surface area (Å²) in [7, 11) is 0. The number of hydrogen-bond acceptors (Lipinski definition) is 1. The number of rotatable bonds is 4. The van der Waals surface area contributed by atoms with Gasteiger partial charge in [-0.1, -0.05) is 59.7 Å². The second kappa shape index (κ2) is 9.11. The molecule has 1 amide bonds. The van der Waals surface area contributed by atoms with Gasteiger partial charge in [0.15, 0.2) is 0 Å². The second-order valence-electron chi connectivity index (χ2n) is 10.5. The normalized spacial score (nSPS) is 13.1. The summed E-state index contributed by atoms with van der Waals surface area (Å²) >= 11 is 0. The average molecular weight is 488 g/mol. The number of benzene rings is 3. The molecule has 0 aliphatic carbocycles. The lowest BCUT2D eigenvalue weighted by molar-refractivity contribution is 0.102. The first-order chi connectivity index (χ1) is 17.9. The number of imidazole rings is 1. The van der Waals surface area contributed by atoms with Gasteiger partial charge in [-0.3, -0.25) is 9.20 Å². The largest absolute Gasteiger partial charge is 0.325 e. The summed E-state index contributed by atoms with van der Waals surface area (Å²) in [6.07, 6.45) is 5.36. The van der Waals surface area contributed by atoms with Crippen molar-refractivity contribution in [3.8, 4) is 22.4 Å². The Morgan fingerprint density at radius 2 is 1.46 bits per heavy atom. The summed E-state index contributed by atoms with van der Waals surface area (Å²) in [5.74, 6) is -0.0787. The van der Waals surface area contributed by atoms with E-state index in [-0.39, 0.29) is 5.91 Å². The zero-order valence-electron chi connectivity index (χ0n) is 22.1. The third-order valence-electron chi connectivity index (χ3n) is 7.80. The molecule has 0 unspecified atom stereocenters. The smallest absolute Gasteiger partial charge is 0.273 e. The summed E-state index contributed by atoms with van der Waals surface area (Å²) in [5, 5.41) is 3.19. The number of aromatic nitrogens is 2. The van der Waals surface area contributed by atoms with E-state index in [4.69, 9.17) is 0 Å². The first-order valence-corrected chi connectivity index (χ1v) is 13.2. The van der Waals surface area contributed by atoms with Crippen LogP contribution in [-0.2, 0) is 13.0 Å². The van der Waals surface area contributed by atoms with Crippen LogP contribution in [-0.4, -0.2) is 14.9 Å². The van der Waals surface area contributed by atoms with E-state index in [1.165, 1.54) is 39.1 Å². The van der Waals surface area contributed by atoms with Gasteiger partial charge in [0.25, 0.3) is 5.91 Å². The lowest BCUT2D eigenvalue weighted by Gasteiger charge is -2.11. The van der Waals surface area contributed by atoms with Gasteiger partial charge in [0.1, 0.15) is 11.3 Å². The summed E-state index contributed by atoms with van der Waals surface area (Å²) in [4.78, 5) is 14.0. The third kappa shape index (κ3) is 4.07. The van der Waals surface area contributed by atoms with Crippen LogP contribution in [0.1, 0.15) is 51.1 Å². The Kier molecular flexibility index (Phi) is 5.75. The molecule has 0 saturated heterocycles. The summed E-state index contributed by atoms with van der Waals surface area (Å²) in [6, 6.07) is 23.3. The van der Waals surface area contributed by atoms with Gasteiger partial charge in [-0.05, 0) is 87.4 Å². The van der Waals surface area contributed by atoms with Crippen LogP contribution >= 0.6 is 0 Å². The van der Waals surface area contributed by atoms with Gasteiger partial charge in [0.05, 0.1) is 5.69 Å². The van der Waals surface area contributed by atoms with Gasteiger partial charge in [-0.15, -0.1) is 0 Å². The van der Waals surface area contributed by atoms with Gasteiger partial charge >= 0.3 is 0 Å². The third-order valence-corrected chi connectivity index (χ3v) is 7.80. The van der Waals surface area contributed by atoms with Crippen LogP contribution in [0.5, 0.6) is 0 Å². The van der Waals surface area contributed by atoms with Crippen molar-refractivity contribution < 1.29 is 4.79 Å². The van der Waals surface area contributed by atoms with Crippen molar-refractivity contribution in [1.82, 2.24) is 8.97 Å². The van der Waals surface area contributed by atoms with Gasteiger partial charge < -0.3 is 9.88 Å². The highest BCUT2D eigenvalue weighted by atomic mass is 16.1. The Labute approximate surface area is 218 Å². The quantitative estimate of drug-likeness (QED) is 0.275. The Morgan fingerprint density at radius 1 is 0.784 bits per heavy atom. The maximum atomic E-state index is 14.0. The maximum Gasteiger partial charge on any atom is 0.273 e. The van der Waals surface area contributed by atoms with E-state index in [0.717, 1.165) is 48.3 Å². The van der Waals surface area contributed by atoms with Crippen molar-refractivity contribution in [2.45, 2.75) is 53.5 Å². The Bertz CT molecular complexity index is 1630. The van der Waals surface area contributed by atoms with Crippen molar-refractivity contribution in [1.29, 1.82) is 0 Å². The number of nitrogens with zero attached hydrogens (tertiary/aromatic N) is 2. The zero-order valence-corrected chi connectivity index (χ0v) is 22.1. The Morgan fingerprint density at radius 3 is 2.16 bits per heavy atom. The molecule has 1 aliphatic rings. The minimum Gasteiger partial charge on any atom is -0.325 e. The molecule has 3 aromatic carbocycles. The molecular formula is C33H33N3O. The molecule has 3 heterocycles. The first-order valence-electron chi connectivity index (χ1n) is 13.2. The molecule has 37 heavy (non-hydrogen) atoms. The van der Waals surface area contributed by atoms with E-state index in [1.807, 2.05) is 24.3 Å². The molecule has 0 saturated carbocycles. The number of amides is 1. The predicted molar refractivity (Wildman–Crippen MR) is 153 cm³/mol. The van der Waals surface area contributed by atoms with Gasteiger partial charge in [-0.25, -0.2) is 0 Å². The molecule has 0 radical (unpaired) electrons. The number of aryl methyl sites for hydroxylation is 6. The number of hydrogen-bond donors (Lipinski definition) is 1. The molecule has 2 aromatic heterocycles. The molecule has 186 valence electrons. The molecule has 0 spiro atoms. The highest BCUT2D eigenvalue weighted by Gasteiger charge is 2.29. The van der Waals surface area contributed by atoms with Gasteiger partial charge in [0.2, 0.25) is 0 Å². The van der Waals surface area contributed by atoms with Crippen molar-refractivity contribution in [2.24, 2.45) is 0 Å². The SMILES string of the molecule is Cc1ccc(NC(=O)c2c(-c3ccc(C)cc3)c3c4n(c(-c5ccc(C)c(C)c5)cn24)CCCC3)cc1. The number of carbonyl (C=O) groups is 1. The molecule has 4 nitrogen and oxygen atoms in total. The molecule has 1 N–H and O–H groups in total. The molecule has 1 aliphatic heterocycles. The van der Waals surface area contributed by atoms with Crippen LogP contribution in [0, 0.1) is 27.7 Å². The van der Waals surface area contributed by atoms with Crippen LogP contribution in [0.15, 0.2) is 72.9 Å². The van der Waals surface area contributed by atoms with Crippen molar-refractivity contribution in [3.63, 3.8) is 0 Å². The van der Waals surface area contributed by atoms with E-state index in [1.54, 1.807) is 0 Å². The Hall–Kier alpha value is -4.05. The van der Waals surface area contributed by atoms with Crippen LogP contribution in [0.2, 0.25) is 0 Å². The summed E-state index contributed by atoms with van der Waals surface area (Å²) in [6.45, 7) is 9.42. The maximum absolute atomic E-state index is 14.0. The molecule has 5 aromatic rings. The zero-order chi connectivity index (χ0) is 25.7. The van der Waals surface area contributed by atoms with Crippen LogP contribution < -0.4 is 5.32 Å². The first kappa shape index (κ1) is 23.4. The topological polar surface area (TPSA) is 38.4 Å². The highest BCUT2D eigenvalue weighted by Crippen LogP contribution is 2.40. The minimum absolute atomic E-state index is 0.0787. The monoisotopic (exact) mass is 487 g/mol. The van der Waals surface area contributed by atoms with Crippen molar-refractivity contribution in [3.05, 3.63) is 106 Å². The van der Waals surface area contributed by atoms with Crippen LogP contribution in [0.4, 0.5) is 5.69 Å². The van der Waals surface area contributed by atoms with Gasteiger partial charge in [0, 0.05) is 29.6 Å². The molecule has 6 rings (SSSR count). The van der Waals surface area contributed by atoms with Crippen molar-refractivity contribution in [2.75, 3.05) is 5.32 Å². The second-order valence-corrected chi connectivity index (χ2v) is 10.5. The van der Waals surface area contributed by atoms with Crippen LogP contribution in [0.3, 0.4) is 0 Å². The fourth-order valence-electron chi connectivity index (χ4n) is 5.60. The molecule has 0 bridgehead atoms. The minimum atomic E-state index is -0.0787. The van der Waals surface area contributed by atoms with E-state index >= 15 is 0 Å². The highest BCUT2D eigenvalue weighted by molar-refractivity contribution is 6.10. The fraction of sp³-hybridized carbons (Fsp3) is 0.242. The van der Waals surface area contributed by atoms with Crippen LogP contribution in [0.25, 0.3) is 28.0 Å². The molecular weight excluding hydrogens is 454 g/mol.